The monoisotopic (exact) mass is 255 g/mol. The van der Waals surface area contributed by atoms with Crippen molar-refractivity contribution >= 4 is 22.9 Å². The molecule has 0 aromatic heterocycles. The van der Waals surface area contributed by atoms with Crippen LogP contribution in [0.25, 0.3) is 0 Å². The first-order valence-electron chi connectivity index (χ1n) is 6.47. The molecule has 1 heterocycles. The molecule has 1 saturated heterocycles. The SMILES string of the molecule is CCCCCCCCCC=C1SC(=O)NC1=O. The number of nitrogens with one attached hydrogen (secondary N) is 1. The number of imide groups is 1. The Morgan fingerprint density at radius 2 is 1.71 bits per heavy atom. The molecule has 0 unspecified atom stereocenters. The molecule has 0 spiro atoms. The van der Waals surface area contributed by atoms with Crippen molar-refractivity contribution in [3.8, 4) is 0 Å². The van der Waals surface area contributed by atoms with Crippen molar-refractivity contribution in [1.82, 2.24) is 5.32 Å². The van der Waals surface area contributed by atoms with E-state index in [-0.39, 0.29) is 11.1 Å². The molecule has 0 aromatic carbocycles. The number of hydrogen-bond acceptors (Lipinski definition) is 3. The molecule has 1 N–H and O–H groups in total. The average Bonchev–Trinajstić information content (AvgIpc) is 2.61. The lowest BCUT2D eigenvalue weighted by Gasteiger charge is -1.99. The Labute approximate surface area is 107 Å². The number of allylic oxidation sites excluding steroid dienone is 1. The molecule has 1 rings (SSSR count). The van der Waals surface area contributed by atoms with E-state index in [2.05, 4.69) is 12.2 Å². The van der Waals surface area contributed by atoms with Crippen molar-refractivity contribution in [3.05, 3.63) is 11.0 Å². The normalized spacial score (nSPS) is 17.8. The number of rotatable bonds is 8. The standard InChI is InChI=1S/C13H21NO2S/c1-2-3-4-5-6-7-8-9-10-11-12(15)14-13(16)17-11/h10H,2-9H2,1H3,(H,14,15,16). The van der Waals surface area contributed by atoms with Crippen LogP contribution in [0.1, 0.15) is 58.3 Å². The molecular weight excluding hydrogens is 234 g/mol. The Kier molecular flexibility index (Phi) is 7.01. The first-order valence-corrected chi connectivity index (χ1v) is 7.29. The van der Waals surface area contributed by atoms with Gasteiger partial charge in [0.2, 0.25) is 0 Å². The summed E-state index contributed by atoms with van der Waals surface area (Å²) in [6.07, 6.45) is 11.7. The minimum atomic E-state index is -0.249. The van der Waals surface area contributed by atoms with Gasteiger partial charge in [-0.3, -0.25) is 14.9 Å². The second-order valence-corrected chi connectivity index (χ2v) is 5.34. The number of thioether (sulfide) groups is 1. The summed E-state index contributed by atoms with van der Waals surface area (Å²) >= 11 is 1.01. The summed E-state index contributed by atoms with van der Waals surface area (Å²) in [5.74, 6) is -0.233. The molecule has 2 amide bonds. The second kappa shape index (κ2) is 8.34. The maximum absolute atomic E-state index is 11.2. The third-order valence-electron chi connectivity index (χ3n) is 2.78. The van der Waals surface area contributed by atoms with Gasteiger partial charge >= 0.3 is 0 Å². The highest BCUT2D eigenvalue weighted by Crippen LogP contribution is 2.23. The van der Waals surface area contributed by atoms with E-state index in [9.17, 15) is 9.59 Å². The number of unbranched alkanes of at least 4 members (excludes halogenated alkanes) is 7. The lowest BCUT2D eigenvalue weighted by Crippen LogP contribution is -2.17. The highest BCUT2D eigenvalue weighted by Gasteiger charge is 2.24. The van der Waals surface area contributed by atoms with Gasteiger partial charge in [0.15, 0.2) is 0 Å². The van der Waals surface area contributed by atoms with E-state index < -0.39 is 0 Å². The summed E-state index contributed by atoms with van der Waals surface area (Å²) in [5.41, 5.74) is 0. The number of carbonyl (C=O) groups excluding carboxylic acids is 2. The van der Waals surface area contributed by atoms with Crippen molar-refractivity contribution in [2.24, 2.45) is 0 Å². The molecular formula is C13H21NO2S. The Morgan fingerprint density at radius 3 is 2.29 bits per heavy atom. The molecule has 0 radical (unpaired) electrons. The van der Waals surface area contributed by atoms with Crippen molar-refractivity contribution in [3.63, 3.8) is 0 Å². The Hall–Kier alpha value is -0.770. The predicted molar refractivity (Wildman–Crippen MR) is 71.8 cm³/mol. The maximum Gasteiger partial charge on any atom is 0.290 e. The topological polar surface area (TPSA) is 46.2 Å². The first kappa shape index (κ1) is 14.3. The summed E-state index contributed by atoms with van der Waals surface area (Å²) in [5, 5.41) is 2.01. The average molecular weight is 255 g/mol. The van der Waals surface area contributed by atoms with E-state index in [1.165, 1.54) is 38.5 Å². The highest BCUT2D eigenvalue weighted by molar-refractivity contribution is 8.18. The zero-order valence-electron chi connectivity index (χ0n) is 10.5. The van der Waals surface area contributed by atoms with Gasteiger partial charge in [-0.1, -0.05) is 51.5 Å². The van der Waals surface area contributed by atoms with Crippen LogP contribution in [0.5, 0.6) is 0 Å². The minimum absolute atomic E-state index is 0.233. The van der Waals surface area contributed by atoms with E-state index in [4.69, 9.17) is 0 Å². The van der Waals surface area contributed by atoms with Gasteiger partial charge in [-0.15, -0.1) is 0 Å². The zero-order chi connectivity index (χ0) is 12.5. The van der Waals surface area contributed by atoms with Crippen LogP contribution in [0, 0.1) is 0 Å². The fourth-order valence-corrected chi connectivity index (χ4v) is 2.48. The smallest absolute Gasteiger partial charge is 0.282 e. The van der Waals surface area contributed by atoms with Crippen LogP contribution in [-0.2, 0) is 4.79 Å². The van der Waals surface area contributed by atoms with Crippen molar-refractivity contribution in [1.29, 1.82) is 0 Å². The molecule has 96 valence electrons. The van der Waals surface area contributed by atoms with Crippen LogP contribution >= 0.6 is 11.8 Å². The van der Waals surface area contributed by atoms with E-state index in [0.29, 0.717) is 4.91 Å². The van der Waals surface area contributed by atoms with Gasteiger partial charge in [0.05, 0.1) is 4.91 Å². The molecule has 1 aliphatic rings. The van der Waals surface area contributed by atoms with Crippen LogP contribution in [0.2, 0.25) is 0 Å². The van der Waals surface area contributed by atoms with Gasteiger partial charge in [-0.2, -0.15) is 0 Å². The van der Waals surface area contributed by atoms with Gasteiger partial charge in [0.25, 0.3) is 11.1 Å². The minimum Gasteiger partial charge on any atom is -0.282 e. The van der Waals surface area contributed by atoms with Crippen LogP contribution in [0.4, 0.5) is 4.79 Å². The van der Waals surface area contributed by atoms with Crippen LogP contribution in [0.15, 0.2) is 11.0 Å². The summed E-state index contributed by atoms with van der Waals surface area (Å²) in [7, 11) is 0. The first-order chi connectivity index (χ1) is 8.24. The summed E-state index contributed by atoms with van der Waals surface area (Å²) in [6.45, 7) is 2.22. The molecule has 4 heteroatoms. The quantitative estimate of drug-likeness (QED) is 0.527. The van der Waals surface area contributed by atoms with Crippen LogP contribution in [0.3, 0.4) is 0 Å². The Morgan fingerprint density at radius 1 is 1.06 bits per heavy atom. The van der Waals surface area contributed by atoms with E-state index >= 15 is 0 Å². The molecule has 0 bridgehead atoms. The zero-order valence-corrected chi connectivity index (χ0v) is 11.3. The Bertz CT molecular complexity index is 300. The van der Waals surface area contributed by atoms with Crippen LogP contribution in [-0.4, -0.2) is 11.1 Å². The van der Waals surface area contributed by atoms with E-state index in [0.717, 1.165) is 24.6 Å². The second-order valence-electron chi connectivity index (χ2n) is 4.32. The molecule has 0 aliphatic carbocycles. The van der Waals surface area contributed by atoms with Crippen molar-refractivity contribution in [2.75, 3.05) is 0 Å². The number of carbonyl (C=O) groups is 2. The number of amides is 2. The largest absolute Gasteiger partial charge is 0.290 e. The number of hydrogen-bond donors (Lipinski definition) is 1. The maximum atomic E-state index is 11.2. The summed E-state index contributed by atoms with van der Waals surface area (Å²) in [4.78, 5) is 22.7. The van der Waals surface area contributed by atoms with E-state index in [1.54, 1.807) is 0 Å². The lowest BCUT2D eigenvalue weighted by molar-refractivity contribution is -0.115. The van der Waals surface area contributed by atoms with Crippen LogP contribution < -0.4 is 5.32 Å². The van der Waals surface area contributed by atoms with Gasteiger partial charge < -0.3 is 0 Å². The molecule has 0 atom stereocenters. The Balaban J connectivity index is 2.02. The van der Waals surface area contributed by atoms with Gasteiger partial charge in [0, 0.05) is 0 Å². The predicted octanol–water partition coefficient (Wildman–Crippen LogP) is 3.99. The third kappa shape index (κ3) is 5.91. The molecule has 17 heavy (non-hydrogen) atoms. The van der Waals surface area contributed by atoms with E-state index in [1.807, 2.05) is 6.08 Å². The van der Waals surface area contributed by atoms with Crippen molar-refractivity contribution in [2.45, 2.75) is 58.3 Å². The fraction of sp³-hybridized carbons (Fsp3) is 0.692. The van der Waals surface area contributed by atoms with Crippen molar-refractivity contribution < 1.29 is 9.59 Å². The molecule has 3 nitrogen and oxygen atoms in total. The fourth-order valence-electron chi connectivity index (χ4n) is 1.79. The summed E-state index contributed by atoms with van der Waals surface area (Å²) < 4.78 is 0. The molecule has 0 aromatic rings. The van der Waals surface area contributed by atoms with Gasteiger partial charge in [-0.25, -0.2) is 0 Å². The molecule has 0 saturated carbocycles. The van der Waals surface area contributed by atoms with Gasteiger partial charge in [-0.05, 0) is 24.6 Å². The molecule has 1 fully saturated rings. The summed E-state index contributed by atoms with van der Waals surface area (Å²) in [6, 6.07) is 0. The highest BCUT2D eigenvalue weighted by atomic mass is 32.2. The van der Waals surface area contributed by atoms with Gasteiger partial charge in [0.1, 0.15) is 0 Å². The third-order valence-corrected chi connectivity index (χ3v) is 3.64. The molecule has 1 aliphatic heterocycles. The lowest BCUT2D eigenvalue weighted by atomic mass is 10.1.